The number of rotatable bonds is 5. The van der Waals surface area contributed by atoms with Gasteiger partial charge in [-0.2, -0.15) is 0 Å². The lowest BCUT2D eigenvalue weighted by Crippen LogP contribution is -2.01. The summed E-state index contributed by atoms with van der Waals surface area (Å²) in [5.41, 5.74) is 1.67. The van der Waals surface area contributed by atoms with E-state index in [0.29, 0.717) is 18.0 Å². The summed E-state index contributed by atoms with van der Waals surface area (Å²) in [6, 6.07) is 16.7. The van der Waals surface area contributed by atoms with E-state index in [0.717, 1.165) is 5.56 Å². The molecular formula is C13H13NO3S. The lowest BCUT2D eigenvalue weighted by molar-refractivity contribution is 0.306. The molecular weight excluding hydrogens is 250 g/mol. The molecule has 0 aromatic heterocycles. The van der Waals surface area contributed by atoms with Gasteiger partial charge in [0.25, 0.3) is 11.3 Å². The predicted octanol–water partition coefficient (Wildman–Crippen LogP) is 2.81. The van der Waals surface area contributed by atoms with E-state index >= 15 is 0 Å². The van der Waals surface area contributed by atoms with E-state index in [9.17, 15) is 4.21 Å². The summed E-state index contributed by atoms with van der Waals surface area (Å²) in [7, 11) is 0. The summed E-state index contributed by atoms with van der Waals surface area (Å²) >= 11 is -2.05. The van der Waals surface area contributed by atoms with Gasteiger partial charge in [0.2, 0.25) is 0 Å². The van der Waals surface area contributed by atoms with Crippen LogP contribution in [0.15, 0.2) is 54.6 Å². The van der Waals surface area contributed by atoms with Crippen LogP contribution in [0.4, 0.5) is 5.69 Å². The van der Waals surface area contributed by atoms with Crippen LogP contribution in [0.25, 0.3) is 0 Å². The Morgan fingerprint density at radius 1 is 1.06 bits per heavy atom. The summed E-state index contributed by atoms with van der Waals surface area (Å²) in [6.45, 7) is 0.500. The van der Waals surface area contributed by atoms with Gasteiger partial charge in [-0.15, -0.1) is 0 Å². The molecule has 0 spiro atoms. The average Bonchev–Trinajstić information content (AvgIpc) is 2.38. The number of ether oxygens (including phenoxy) is 1. The molecule has 0 fully saturated rings. The zero-order valence-corrected chi connectivity index (χ0v) is 10.4. The Bertz CT molecular complexity index is 514. The van der Waals surface area contributed by atoms with Crippen LogP contribution in [0, 0.1) is 0 Å². The summed E-state index contributed by atoms with van der Waals surface area (Å²) in [6.07, 6.45) is 0. The summed E-state index contributed by atoms with van der Waals surface area (Å²) in [5, 5.41) is 0. The van der Waals surface area contributed by atoms with Gasteiger partial charge in [-0.1, -0.05) is 30.3 Å². The van der Waals surface area contributed by atoms with Gasteiger partial charge >= 0.3 is 0 Å². The van der Waals surface area contributed by atoms with Gasteiger partial charge in [0.1, 0.15) is 12.4 Å². The highest BCUT2D eigenvalue weighted by Crippen LogP contribution is 2.17. The van der Waals surface area contributed by atoms with E-state index in [4.69, 9.17) is 9.29 Å². The number of hydrogen-bond donors (Lipinski definition) is 2. The Morgan fingerprint density at radius 2 is 1.72 bits per heavy atom. The molecule has 0 aliphatic rings. The van der Waals surface area contributed by atoms with Gasteiger partial charge in [-0.3, -0.25) is 9.27 Å². The lowest BCUT2D eigenvalue weighted by Gasteiger charge is -2.07. The molecule has 0 heterocycles. The summed E-state index contributed by atoms with van der Waals surface area (Å²) in [5.74, 6) is 0.716. The second kappa shape index (κ2) is 6.18. The zero-order chi connectivity index (χ0) is 12.8. The number of hydrogen-bond acceptors (Lipinski definition) is 2. The normalized spacial score (nSPS) is 11.8. The van der Waals surface area contributed by atoms with Crippen LogP contribution >= 0.6 is 0 Å². The van der Waals surface area contributed by atoms with Crippen molar-refractivity contribution in [2.45, 2.75) is 6.61 Å². The molecule has 5 heteroatoms. The minimum Gasteiger partial charge on any atom is -0.489 e. The van der Waals surface area contributed by atoms with E-state index in [2.05, 4.69) is 4.72 Å². The molecule has 2 aromatic rings. The maximum absolute atomic E-state index is 10.5. The van der Waals surface area contributed by atoms with Crippen LogP contribution in [-0.2, 0) is 17.9 Å². The molecule has 2 rings (SSSR count). The smallest absolute Gasteiger partial charge is 0.259 e. The van der Waals surface area contributed by atoms with Crippen molar-refractivity contribution in [2.75, 3.05) is 4.72 Å². The molecule has 94 valence electrons. The van der Waals surface area contributed by atoms with Crippen molar-refractivity contribution in [1.29, 1.82) is 0 Å². The fraction of sp³-hybridized carbons (Fsp3) is 0.0769. The van der Waals surface area contributed by atoms with Gasteiger partial charge < -0.3 is 4.74 Å². The van der Waals surface area contributed by atoms with Crippen molar-refractivity contribution >= 4 is 17.0 Å². The molecule has 4 nitrogen and oxygen atoms in total. The van der Waals surface area contributed by atoms with E-state index in [-0.39, 0.29) is 0 Å². The van der Waals surface area contributed by atoms with Crippen molar-refractivity contribution in [3.63, 3.8) is 0 Å². The van der Waals surface area contributed by atoms with Crippen LogP contribution in [-0.4, -0.2) is 8.76 Å². The van der Waals surface area contributed by atoms with Crippen LogP contribution in [0.1, 0.15) is 5.56 Å². The molecule has 0 saturated heterocycles. The molecule has 1 unspecified atom stereocenters. The SMILES string of the molecule is O=S(O)Nc1ccc(OCc2ccccc2)cc1. The maximum atomic E-state index is 10.5. The van der Waals surface area contributed by atoms with Crippen LogP contribution in [0.2, 0.25) is 0 Å². The molecule has 0 aliphatic heterocycles. The molecule has 0 bridgehead atoms. The first kappa shape index (κ1) is 12.6. The van der Waals surface area contributed by atoms with E-state index in [1.54, 1.807) is 24.3 Å². The minimum absolute atomic E-state index is 0.500. The summed E-state index contributed by atoms with van der Waals surface area (Å²) < 4.78 is 27.2. The van der Waals surface area contributed by atoms with Crippen LogP contribution < -0.4 is 9.46 Å². The Hall–Kier alpha value is -1.85. The number of nitrogens with one attached hydrogen (secondary N) is 1. The minimum atomic E-state index is -2.05. The van der Waals surface area contributed by atoms with Crippen LogP contribution in [0.5, 0.6) is 5.75 Å². The highest BCUT2D eigenvalue weighted by atomic mass is 32.2. The Morgan fingerprint density at radius 3 is 2.33 bits per heavy atom. The van der Waals surface area contributed by atoms with E-state index < -0.39 is 11.3 Å². The highest BCUT2D eigenvalue weighted by molar-refractivity contribution is 7.80. The monoisotopic (exact) mass is 263 g/mol. The third-order valence-corrected chi connectivity index (χ3v) is 2.72. The Labute approximate surface area is 108 Å². The predicted molar refractivity (Wildman–Crippen MR) is 71.6 cm³/mol. The van der Waals surface area contributed by atoms with Crippen molar-refractivity contribution in [1.82, 2.24) is 0 Å². The van der Waals surface area contributed by atoms with Crippen LogP contribution in [0.3, 0.4) is 0 Å². The first-order chi connectivity index (χ1) is 8.74. The van der Waals surface area contributed by atoms with Crippen molar-refractivity contribution in [2.24, 2.45) is 0 Å². The van der Waals surface area contributed by atoms with Crippen molar-refractivity contribution in [3.05, 3.63) is 60.2 Å². The topological polar surface area (TPSA) is 58.6 Å². The molecule has 1 atom stereocenters. The van der Waals surface area contributed by atoms with Gasteiger partial charge in [0.05, 0.1) is 0 Å². The average molecular weight is 263 g/mol. The van der Waals surface area contributed by atoms with Gasteiger partial charge in [-0.25, -0.2) is 4.21 Å². The highest BCUT2D eigenvalue weighted by Gasteiger charge is 1.98. The van der Waals surface area contributed by atoms with Crippen molar-refractivity contribution in [3.8, 4) is 5.75 Å². The molecule has 0 amide bonds. The van der Waals surface area contributed by atoms with E-state index in [1.807, 2.05) is 30.3 Å². The number of benzene rings is 2. The molecule has 2 N–H and O–H groups in total. The summed E-state index contributed by atoms with van der Waals surface area (Å²) in [4.78, 5) is 0. The first-order valence-corrected chi connectivity index (χ1v) is 6.49. The Kier molecular flexibility index (Phi) is 4.33. The standard InChI is InChI=1S/C13H13NO3S/c15-18(16)14-12-6-8-13(9-7-12)17-10-11-4-2-1-3-5-11/h1-9,14H,10H2,(H,15,16). The van der Waals surface area contributed by atoms with E-state index in [1.165, 1.54) is 0 Å². The largest absolute Gasteiger partial charge is 0.489 e. The molecule has 18 heavy (non-hydrogen) atoms. The second-order valence-electron chi connectivity index (χ2n) is 3.65. The third-order valence-electron chi connectivity index (χ3n) is 2.31. The van der Waals surface area contributed by atoms with Gasteiger partial charge in [0, 0.05) is 5.69 Å². The first-order valence-electron chi connectivity index (χ1n) is 5.38. The van der Waals surface area contributed by atoms with Gasteiger partial charge in [0.15, 0.2) is 0 Å². The second-order valence-corrected chi connectivity index (χ2v) is 4.35. The third kappa shape index (κ3) is 3.87. The van der Waals surface area contributed by atoms with Crippen molar-refractivity contribution < 1.29 is 13.5 Å². The molecule has 0 aliphatic carbocycles. The fourth-order valence-electron chi connectivity index (χ4n) is 1.46. The quantitative estimate of drug-likeness (QED) is 0.815. The lowest BCUT2D eigenvalue weighted by atomic mass is 10.2. The maximum Gasteiger partial charge on any atom is 0.259 e. The molecule has 2 aromatic carbocycles. The molecule has 0 radical (unpaired) electrons. The fourth-order valence-corrected chi connectivity index (χ4v) is 1.80. The Balaban J connectivity index is 1.92. The zero-order valence-electron chi connectivity index (χ0n) is 9.58. The number of anilines is 1. The van der Waals surface area contributed by atoms with Gasteiger partial charge in [-0.05, 0) is 29.8 Å². The molecule has 0 saturated carbocycles.